The standard InChI is InChI=1S/C12H25NO3/c1-3-5-6-7-8-9-16-10-11(12(14)15)13-4-2/h11,13H,3-10H2,1-2H3,(H,14,15). The summed E-state index contributed by atoms with van der Waals surface area (Å²) in [5.41, 5.74) is 0. The molecule has 0 saturated heterocycles. The van der Waals surface area contributed by atoms with E-state index in [9.17, 15) is 4.79 Å². The first-order chi connectivity index (χ1) is 7.72. The average molecular weight is 231 g/mol. The topological polar surface area (TPSA) is 58.6 Å². The number of carboxylic acids is 1. The molecule has 0 radical (unpaired) electrons. The minimum atomic E-state index is -0.840. The van der Waals surface area contributed by atoms with Crippen LogP contribution in [0, 0.1) is 0 Å². The number of hydrogen-bond acceptors (Lipinski definition) is 3. The van der Waals surface area contributed by atoms with Gasteiger partial charge in [-0.25, -0.2) is 0 Å². The number of likely N-dealkylation sites (N-methyl/N-ethyl adjacent to an activating group) is 1. The van der Waals surface area contributed by atoms with E-state index in [1.807, 2.05) is 6.92 Å². The lowest BCUT2D eigenvalue weighted by Gasteiger charge is -2.13. The molecule has 0 aliphatic rings. The molecule has 1 atom stereocenters. The number of carboxylic acid groups (broad SMARTS) is 1. The highest BCUT2D eigenvalue weighted by molar-refractivity contribution is 5.73. The Hall–Kier alpha value is -0.610. The maximum Gasteiger partial charge on any atom is 0.323 e. The third-order valence-electron chi connectivity index (χ3n) is 2.43. The van der Waals surface area contributed by atoms with Crippen molar-refractivity contribution in [3.8, 4) is 0 Å². The predicted octanol–water partition coefficient (Wildman–Crippen LogP) is 2.04. The Kier molecular flexibility index (Phi) is 10.5. The number of unbranched alkanes of at least 4 members (excludes halogenated alkanes) is 4. The van der Waals surface area contributed by atoms with E-state index < -0.39 is 12.0 Å². The number of ether oxygens (including phenoxy) is 1. The van der Waals surface area contributed by atoms with Gasteiger partial charge in [-0.3, -0.25) is 4.79 Å². The van der Waals surface area contributed by atoms with Crippen LogP contribution in [0.1, 0.15) is 46.0 Å². The summed E-state index contributed by atoms with van der Waals surface area (Å²) in [5, 5.41) is 11.7. The Morgan fingerprint density at radius 3 is 2.50 bits per heavy atom. The SMILES string of the molecule is CCCCCCCOCC(NCC)C(=O)O. The third-order valence-corrected chi connectivity index (χ3v) is 2.43. The van der Waals surface area contributed by atoms with Gasteiger partial charge in [0.1, 0.15) is 6.04 Å². The number of carbonyl (C=O) groups is 1. The maximum absolute atomic E-state index is 10.8. The van der Waals surface area contributed by atoms with Crippen LogP contribution in [0.5, 0.6) is 0 Å². The molecule has 0 spiro atoms. The van der Waals surface area contributed by atoms with Crippen LogP contribution in [-0.2, 0) is 9.53 Å². The van der Waals surface area contributed by atoms with Gasteiger partial charge < -0.3 is 15.2 Å². The zero-order valence-electron chi connectivity index (χ0n) is 10.5. The minimum absolute atomic E-state index is 0.261. The summed E-state index contributed by atoms with van der Waals surface area (Å²) in [6.07, 6.45) is 5.96. The predicted molar refractivity (Wildman–Crippen MR) is 64.7 cm³/mol. The van der Waals surface area contributed by atoms with Crippen molar-refractivity contribution in [2.24, 2.45) is 0 Å². The van der Waals surface area contributed by atoms with Gasteiger partial charge in [0.2, 0.25) is 0 Å². The van der Waals surface area contributed by atoms with Crippen LogP contribution in [0.2, 0.25) is 0 Å². The molecule has 0 heterocycles. The molecule has 0 aromatic carbocycles. The summed E-state index contributed by atoms with van der Waals surface area (Å²) < 4.78 is 5.35. The molecule has 0 amide bonds. The molecule has 0 rings (SSSR count). The fourth-order valence-corrected chi connectivity index (χ4v) is 1.47. The van der Waals surface area contributed by atoms with Crippen LogP contribution in [-0.4, -0.2) is 36.9 Å². The lowest BCUT2D eigenvalue weighted by molar-refractivity contribution is -0.141. The van der Waals surface area contributed by atoms with E-state index in [-0.39, 0.29) is 6.61 Å². The van der Waals surface area contributed by atoms with E-state index in [2.05, 4.69) is 12.2 Å². The number of hydrogen-bond donors (Lipinski definition) is 2. The molecule has 0 fully saturated rings. The van der Waals surface area contributed by atoms with E-state index in [1.54, 1.807) is 0 Å². The van der Waals surface area contributed by atoms with Crippen LogP contribution in [0.3, 0.4) is 0 Å². The van der Waals surface area contributed by atoms with Crippen molar-refractivity contribution in [3.63, 3.8) is 0 Å². The molecule has 96 valence electrons. The summed E-state index contributed by atoms with van der Waals surface area (Å²) in [5.74, 6) is -0.840. The second kappa shape index (κ2) is 10.9. The Balaban J connectivity index is 3.37. The molecule has 0 aromatic heterocycles. The van der Waals surface area contributed by atoms with E-state index in [4.69, 9.17) is 9.84 Å². The molecule has 0 saturated carbocycles. The molecular weight excluding hydrogens is 206 g/mol. The van der Waals surface area contributed by atoms with Gasteiger partial charge in [0, 0.05) is 6.61 Å². The van der Waals surface area contributed by atoms with Gasteiger partial charge in [0.15, 0.2) is 0 Å². The first-order valence-electron chi connectivity index (χ1n) is 6.26. The van der Waals surface area contributed by atoms with Crippen molar-refractivity contribution in [2.75, 3.05) is 19.8 Å². The van der Waals surface area contributed by atoms with Crippen LogP contribution in [0.4, 0.5) is 0 Å². The monoisotopic (exact) mass is 231 g/mol. The minimum Gasteiger partial charge on any atom is -0.480 e. The highest BCUT2D eigenvalue weighted by Gasteiger charge is 2.15. The molecule has 0 aliphatic carbocycles. The molecule has 4 nitrogen and oxygen atoms in total. The number of nitrogens with one attached hydrogen (secondary N) is 1. The van der Waals surface area contributed by atoms with Crippen molar-refractivity contribution < 1.29 is 14.6 Å². The van der Waals surface area contributed by atoms with Gasteiger partial charge >= 0.3 is 5.97 Å². The van der Waals surface area contributed by atoms with Crippen LogP contribution < -0.4 is 5.32 Å². The van der Waals surface area contributed by atoms with Crippen LogP contribution in [0.15, 0.2) is 0 Å². The van der Waals surface area contributed by atoms with Gasteiger partial charge in [-0.15, -0.1) is 0 Å². The van der Waals surface area contributed by atoms with Crippen molar-refractivity contribution in [1.29, 1.82) is 0 Å². The molecule has 16 heavy (non-hydrogen) atoms. The average Bonchev–Trinajstić information content (AvgIpc) is 2.26. The lowest BCUT2D eigenvalue weighted by atomic mass is 10.2. The highest BCUT2D eigenvalue weighted by atomic mass is 16.5. The van der Waals surface area contributed by atoms with Gasteiger partial charge in [0.05, 0.1) is 6.61 Å². The van der Waals surface area contributed by atoms with E-state index in [0.717, 1.165) is 6.42 Å². The van der Waals surface area contributed by atoms with Gasteiger partial charge in [-0.05, 0) is 13.0 Å². The Morgan fingerprint density at radius 1 is 1.25 bits per heavy atom. The van der Waals surface area contributed by atoms with Crippen molar-refractivity contribution in [2.45, 2.75) is 52.0 Å². The fraction of sp³-hybridized carbons (Fsp3) is 0.917. The lowest BCUT2D eigenvalue weighted by Crippen LogP contribution is -2.40. The first kappa shape index (κ1) is 15.4. The maximum atomic E-state index is 10.8. The van der Waals surface area contributed by atoms with E-state index >= 15 is 0 Å². The molecule has 0 bridgehead atoms. The Bertz CT molecular complexity index is 174. The zero-order chi connectivity index (χ0) is 12.2. The first-order valence-corrected chi connectivity index (χ1v) is 6.26. The largest absolute Gasteiger partial charge is 0.480 e. The van der Waals surface area contributed by atoms with Gasteiger partial charge in [-0.2, -0.15) is 0 Å². The third kappa shape index (κ3) is 8.68. The van der Waals surface area contributed by atoms with E-state index in [1.165, 1.54) is 25.7 Å². The normalized spacial score (nSPS) is 12.6. The second-order valence-corrected chi connectivity index (χ2v) is 3.94. The molecule has 2 N–H and O–H groups in total. The smallest absolute Gasteiger partial charge is 0.323 e. The summed E-state index contributed by atoms with van der Waals surface area (Å²) in [6, 6.07) is -0.569. The molecule has 1 unspecified atom stereocenters. The zero-order valence-corrected chi connectivity index (χ0v) is 10.5. The van der Waals surface area contributed by atoms with Crippen LogP contribution >= 0.6 is 0 Å². The molecule has 0 aromatic rings. The molecule has 0 aliphatic heterocycles. The van der Waals surface area contributed by atoms with Gasteiger partial charge in [-0.1, -0.05) is 39.5 Å². The second-order valence-electron chi connectivity index (χ2n) is 3.94. The highest BCUT2D eigenvalue weighted by Crippen LogP contribution is 2.02. The molecular formula is C12H25NO3. The summed E-state index contributed by atoms with van der Waals surface area (Å²) >= 11 is 0. The van der Waals surface area contributed by atoms with Crippen molar-refractivity contribution >= 4 is 5.97 Å². The quantitative estimate of drug-likeness (QED) is 0.534. The Morgan fingerprint density at radius 2 is 1.94 bits per heavy atom. The summed E-state index contributed by atoms with van der Waals surface area (Å²) in [6.45, 7) is 5.65. The van der Waals surface area contributed by atoms with Crippen molar-refractivity contribution in [3.05, 3.63) is 0 Å². The summed E-state index contributed by atoms with van der Waals surface area (Å²) in [7, 11) is 0. The fourth-order valence-electron chi connectivity index (χ4n) is 1.47. The van der Waals surface area contributed by atoms with Crippen LogP contribution in [0.25, 0.3) is 0 Å². The van der Waals surface area contributed by atoms with Crippen molar-refractivity contribution in [1.82, 2.24) is 5.32 Å². The number of aliphatic carboxylic acids is 1. The molecule has 4 heteroatoms. The van der Waals surface area contributed by atoms with E-state index in [0.29, 0.717) is 13.2 Å². The number of rotatable bonds is 11. The van der Waals surface area contributed by atoms with Gasteiger partial charge in [0.25, 0.3) is 0 Å². The summed E-state index contributed by atoms with van der Waals surface area (Å²) in [4.78, 5) is 10.8. The Labute approximate surface area is 98.4 Å².